The Morgan fingerprint density at radius 1 is 1.39 bits per heavy atom. The number of aromatic nitrogens is 1. The lowest BCUT2D eigenvalue weighted by molar-refractivity contribution is 0.0106. The van der Waals surface area contributed by atoms with Gasteiger partial charge in [0.05, 0.1) is 6.04 Å². The Bertz CT molecular complexity index is 624. The van der Waals surface area contributed by atoms with Gasteiger partial charge in [0, 0.05) is 43.2 Å². The first-order valence-electron chi connectivity index (χ1n) is 8.07. The van der Waals surface area contributed by atoms with Crippen LogP contribution in [0.4, 0.5) is 4.79 Å². The summed E-state index contributed by atoms with van der Waals surface area (Å²) in [5, 5.41) is 0. The van der Waals surface area contributed by atoms with Crippen LogP contribution >= 0.6 is 0 Å². The zero-order valence-electron chi connectivity index (χ0n) is 13.9. The van der Waals surface area contributed by atoms with Crippen LogP contribution in [0.15, 0.2) is 18.5 Å². The van der Waals surface area contributed by atoms with Crippen molar-refractivity contribution in [1.29, 1.82) is 0 Å². The van der Waals surface area contributed by atoms with E-state index in [1.807, 2.05) is 25.7 Å². The number of rotatable bonds is 1. The Balaban J connectivity index is 1.68. The lowest BCUT2D eigenvalue weighted by Crippen LogP contribution is -2.50. The molecule has 0 aromatic carbocycles. The molecular weight excluding hydrogens is 294 g/mol. The predicted molar refractivity (Wildman–Crippen MR) is 84.9 cm³/mol. The van der Waals surface area contributed by atoms with Crippen LogP contribution in [-0.2, 0) is 11.3 Å². The van der Waals surface area contributed by atoms with Gasteiger partial charge in [-0.3, -0.25) is 9.78 Å². The number of hydrogen-bond acceptors (Lipinski definition) is 4. The SMILES string of the molecule is CC(C)(C)OC(=O)N1CCCC(N2Cc3cnccc3C2=O)C1. The summed E-state index contributed by atoms with van der Waals surface area (Å²) in [5.41, 5.74) is 1.19. The topological polar surface area (TPSA) is 62.7 Å². The number of fused-ring (bicyclic) bond motifs is 1. The number of ether oxygens (including phenoxy) is 1. The first-order chi connectivity index (χ1) is 10.8. The molecule has 124 valence electrons. The Morgan fingerprint density at radius 3 is 2.87 bits per heavy atom. The fourth-order valence-electron chi connectivity index (χ4n) is 3.17. The molecule has 2 amide bonds. The number of likely N-dealkylation sites (tertiary alicyclic amines) is 1. The van der Waals surface area contributed by atoms with Gasteiger partial charge >= 0.3 is 6.09 Å². The van der Waals surface area contributed by atoms with Crippen molar-refractivity contribution in [3.8, 4) is 0 Å². The lowest BCUT2D eigenvalue weighted by atomic mass is 10.0. The number of carbonyl (C=O) groups excluding carboxylic acids is 2. The molecule has 1 fully saturated rings. The molecule has 1 aromatic heterocycles. The Morgan fingerprint density at radius 2 is 2.17 bits per heavy atom. The first kappa shape index (κ1) is 15.8. The molecule has 23 heavy (non-hydrogen) atoms. The van der Waals surface area contributed by atoms with Gasteiger partial charge in [-0.2, -0.15) is 0 Å². The quantitative estimate of drug-likeness (QED) is 0.798. The van der Waals surface area contributed by atoms with Gasteiger partial charge in [0.1, 0.15) is 5.60 Å². The monoisotopic (exact) mass is 317 g/mol. The standard InChI is InChI=1S/C17H23N3O3/c1-17(2,3)23-16(22)19-8-4-5-13(11-19)20-10-12-9-18-7-6-14(12)15(20)21/h6-7,9,13H,4-5,8,10-11H2,1-3H3. The van der Waals surface area contributed by atoms with Crippen molar-refractivity contribution in [3.63, 3.8) is 0 Å². The summed E-state index contributed by atoms with van der Waals surface area (Å²) in [6.07, 6.45) is 4.89. The number of carbonyl (C=O) groups is 2. The summed E-state index contributed by atoms with van der Waals surface area (Å²) >= 11 is 0. The molecule has 0 aliphatic carbocycles. The molecule has 6 nitrogen and oxygen atoms in total. The normalized spacial score (nSPS) is 21.3. The van der Waals surface area contributed by atoms with Crippen LogP contribution in [-0.4, -0.2) is 51.5 Å². The fourth-order valence-corrected chi connectivity index (χ4v) is 3.17. The Labute approximate surface area is 136 Å². The minimum absolute atomic E-state index is 0.0381. The average molecular weight is 317 g/mol. The third-order valence-electron chi connectivity index (χ3n) is 4.22. The lowest BCUT2D eigenvalue weighted by Gasteiger charge is -2.38. The highest BCUT2D eigenvalue weighted by Crippen LogP contribution is 2.27. The molecule has 1 unspecified atom stereocenters. The minimum atomic E-state index is -0.505. The fraction of sp³-hybridized carbons (Fsp3) is 0.588. The molecule has 2 aliphatic heterocycles. The second-order valence-electron chi connectivity index (χ2n) is 7.19. The van der Waals surface area contributed by atoms with Gasteiger partial charge in [-0.15, -0.1) is 0 Å². The molecule has 1 atom stereocenters. The van der Waals surface area contributed by atoms with Gasteiger partial charge in [0.15, 0.2) is 0 Å². The van der Waals surface area contributed by atoms with Crippen LogP contribution in [0.2, 0.25) is 0 Å². The molecule has 3 rings (SSSR count). The molecule has 6 heteroatoms. The second kappa shape index (κ2) is 5.83. The van der Waals surface area contributed by atoms with E-state index in [4.69, 9.17) is 4.74 Å². The first-order valence-corrected chi connectivity index (χ1v) is 8.07. The van der Waals surface area contributed by atoms with E-state index in [2.05, 4.69) is 4.98 Å². The molecule has 2 aliphatic rings. The van der Waals surface area contributed by atoms with Crippen LogP contribution in [0.3, 0.4) is 0 Å². The number of amides is 2. The van der Waals surface area contributed by atoms with E-state index in [1.54, 1.807) is 23.4 Å². The summed E-state index contributed by atoms with van der Waals surface area (Å²) in [6, 6.07) is 1.81. The number of nitrogens with zero attached hydrogens (tertiary/aromatic N) is 3. The Kier molecular flexibility index (Phi) is 4.00. The zero-order valence-corrected chi connectivity index (χ0v) is 13.9. The van der Waals surface area contributed by atoms with Crippen LogP contribution in [0.5, 0.6) is 0 Å². The van der Waals surface area contributed by atoms with Crippen molar-refractivity contribution < 1.29 is 14.3 Å². The van der Waals surface area contributed by atoms with Crippen molar-refractivity contribution in [2.45, 2.75) is 51.8 Å². The smallest absolute Gasteiger partial charge is 0.410 e. The van der Waals surface area contributed by atoms with Crippen molar-refractivity contribution in [2.75, 3.05) is 13.1 Å². The van der Waals surface area contributed by atoms with Crippen molar-refractivity contribution in [3.05, 3.63) is 29.6 Å². The molecule has 0 N–H and O–H groups in total. The van der Waals surface area contributed by atoms with E-state index in [-0.39, 0.29) is 18.0 Å². The number of hydrogen-bond donors (Lipinski definition) is 0. The highest BCUT2D eigenvalue weighted by molar-refractivity contribution is 5.98. The molecule has 1 aromatic rings. The average Bonchev–Trinajstić information content (AvgIpc) is 2.83. The molecule has 3 heterocycles. The molecule has 0 radical (unpaired) electrons. The minimum Gasteiger partial charge on any atom is -0.444 e. The maximum Gasteiger partial charge on any atom is 0.410 e. The third kappa shape index (κ3) is 3.30. The maximum absolute atomic E-state index is 12.6. The Hall–Kier alpha value is -2.11. The van der Waals surface area contributed by atoms with Gasteiger partial charge in [-0.05, 0) is 39.7 Å². The highest BCUT2D eigenvalue weighted by atomic mass is 16.6. The number of piperidine rings is 1. The molecular formula is C17H23N3O3. The summed E-state index contributed by atoms with van der Waals surface area (Å²) in [5.74, 6) is 0.0402. The van der Waals surface area contributed by atoms with Crippen LogP contribution in [0, 0.1) is 0 Å². The van der Waals surface area contributed by atoms with E-state index >= 15 is 0 Å². The second-order valence-corrected chi connectivity index (χ2v) is 7.19. The predicted octanol–water partition coefficient (Wildman–Crippen LogP) is 2.44. The molecule has 0 spiro atoms. The number of pyridine rings is 1. The van der Waals surface area contributed by atoms with Gasteiger partial charge in [-0.25, -0.2) is 4.79 Å². The van der Waals surface area contributed by atoms with E-state index in [1.165, 1.54) is 0 Å². The van der Waals surface area contributed by atoms with E-state index in [0.29, 0.717) is 19.6 Å². The van der Waals surface area contributed by atoms with Gasteiger partial charge < -0.3 is 14.5 Å². The largest absolute Gasteiger partial charge is 0.444 e. The molecule has 0 saturated carbocycles. The van der Waals surface area contributed by atoms with E-state index in [0.717, 1.165) is 24.0 Å². The van der Waals surface area contributed by atoms with Crippen LogP contribution in [0.25, 0.3) is 0 Å². The van der Waals surface area contributed by atoms with Crippen molar-refractivity contribution in [2.24, 2.45) is 0 Å². The third-order valence-corrected chi connectivity index (χ3v) is 4.22. The maximum atomic E-state index is 12.6. The van der Waals surface area contributed by atoms with Crippen molar-refractivity contribution >= 4 is 12.0 Å². The summed E-state index contributed by atoms with van der Waals surface area (Å²) in [6.45, 7) is 7.37. The van der Waals surface area contributed by atoms with E-state index < -0.39 is 5.60 Å². The molecule has 1 saturated heterocycles. The van der Waals surface area contributed by atoms with Crippen molar-refractivity contribution in [1.82, 2.24) is 14.8 Å². The summed E-state index contributed by atoms with van der Waals surface area (Å²) in [7, 11) is 0. The van der Waals surface area contributed by atoms with E-state index in [9.17, 15) is 9.59 Å². The highest BCUT2D eigenvalue weighted by Gasteiger charge is 2.36. The van der Waals surface area contributed by atoms with Crippen LogP contribution < -0.4 is 0 Å². The summed E-state index contributed by atoms with van der Waals surface area (Å²) in [4.78, 5) is 32.5. The van der Waals surface area contributed by atoms with Gasteiger partial charge in [0.25, 0.3) is 5.91 Å². The van der Waals surface area contributed by atoms with Gasteiger partial charge in [-0.1, -0.05) is 0 Å². The van der Waals surface area contributed by atoms with Crippen LogP contribution in [0.1, 0.15) is 49.5 Å². The summed E-state index contributed by atoms with van der Waals surface area (Å²) < 4.78 is 5.45. The van der Waals surface area contributed by atoms with Gasteiger partial charge in [0.2, 0.25) is 0 Å². The zero-order chi connectivity index (χ0) is 16.6. The molecule has 0 bridgehead atoms.